The van der Waals surface area contributed by atoms with E-state index in [1.165, 1.54) is 6.07 Å². The van der Waals surface area contributed by atoms with Crippen LogP contribution in [0.5, 0.6) is 0 Å². The maximum Gasteiger partial charge on any atom is 0.416 e. The lowest BCUT2D eigenvalue weighted by Gasteiger charge is -2.12. The summed E-state index contributed by atoms with van der Waals surface area (Å²) in [4.78, 5) is 4.18. The molecule has 0 saturated heterocycles. The van der Waals surface area contributed by atoms with Crippen molar-refractivity contribution < 1.29 is 13.2 Å². The van der Waals surface area contributed by atoms with Crippen LogP contribution in [0.25, 0.3) is 0 Å². The molecule has 0 saturated carbocycles. The van der Waals surface area contributed by atoms with Crippen molar-refractivity contribution in [1.29, 1.82) is 0 Å². The first-order chi connectivity index (χ1) is 7.88. The zero-order chi connectivity index (χ0) is 12.6. The van der Waals surface area contributed by atoms with Crippen molar-refractivity contribution in [3.05, 3.63) is 33.8 Å². The molecule has 1 aromatic rings. The second-order valence-corrected chi connectivity index (χ2v) is 4.78. The lowest BCUT2D eigenvalue weighted by atomic mass is 10.1. The average Bonchev–Trinajstić information content (AvgIpc) is 2.63. The van der Waals surface area contributed by atoms with Crippen LogP contribution in [0, 0.1) is 0 Å². The summed E-state index contributed by atoms with van der Waals surface area (Å²) in [6, 6.07) is 3.71. The average molecular weight is 307 g/mol. The first-order valence-electron chi connectivity index (χ1n) is 5.06. The van der Waals surface area contributed by atoms with Crippen LogP contribution in [0.2, 0.25) is 0 Å². The third-order valence-corrected chi connectivity index (χ3v) is 3.15. The lowest BCUT2D eigenvalue weighted by Crippen LogP contribution is -2.28. The van der Waals surface area contributed by atoms with Crippen LogP contribution in [-0.4, -0.2) is 18.4 Å². The van der Waals surface area contributed by atoms with Gasteiger partial charge in [0, 0.05) is 16.1 Å². The molecule has 1 N–H and O–H groups in total. The molecule has 1 aliphatic rings. The first-order valence-corrected chi connectivity index (χ1v) is 5.85. The van der Waals surface area contributed by atoms with Crippen LogP contribution >= 0.6 is 15.9 Å². The minimum Gasteiger partial charge on any atom is -0.366 e. The fourth-order valence-electron chi connectivity index (χ4n) is 1.60. The molecule has 1 aliphatic heterocycles. The maximum absolute atomic E-state index is 12.6. The van der Waals surface area contributed by atoms with Crippen LogP contribution in [-0.2, 0) is 6.18 Å². The van der Waals surface area contributed by atoms with Gasteiger partial charge in [0.2, 0.25) is 0 Å². The van der Waals surface area contributed by atoms with E-state index in [1.807, 2.05) is 6.92 Å². The van der Waals surface area contributed by atoms with Crippen LogP contribution in [0.4, 0.5) is 13.2 Å². The Kier molecular flexibility index (Phi) is 3.16. The summed E-state index contributed by atoms with van der Waals surface area (Å²) in [6.45, 7) is 2.51. The van der Waals surface area contributed by atoms with E-state index in [1.54, 1.807) is 0 Å². The van der Waals surface area contributed by atoms with Crippen LogP contribution in [0.3, 0.4) is 0 Å². The molecule has 2 rings (SSSR count). The summed E-state index contributed by atoms with van der Waals surface area (Å²) in [5.74, 6) is 0.510. The minimum atomic E-state index is -4.33. The summed E-state index contributed by atoms with van der Waals surface area (Å²) >= 11 is 3.24. The third kappa shape index (κ3) is 2.62. The quantitative estimate of drug-likeness (QED) is 0.846. The summed E-state index contributed by atoms with van der Waals surface area (Å²) in [6.07, 6.45) is -4.33. The third-order valence-electron chi connectivity index (χ3n) is 2.46. The molecule has 0 aromatic heterocycles. The molecule has 1 aromatic carbocycles. The van der Waals surface area contributed by atoms with Crippen LogP contribution in [0.1, 0.15) is 18.1 Å². The number of halogens is 4. The molecule has 0 amide bonds. The predicted molar refractivity (Wildman–Crippen MR) is 63.1 cm³/mol. The number of aliphatic imine (C=N–C) groups is 1. The van der Waals surface area contributed by atoms with E-state index in [2.05, 4.69) is 26.2 Å². The maximum atomic E-state index is 12.6. The molecule has 92 valence electrons. The fourth-order valence-corrected chi connectivity index (χ4v) is 2.03. The number of nitrogens with one attached hydrogen (secondary N) is 1. The highest BCUT2D eigenvalue weighted by atomic mass is 79.9. The van der Waals surface area contributed by atoms with Gasteiger partial charge in [-0.3, -0.25) is 4.99 Å². The summed E-state index contributed by atoms with van der Waals surface area (Å²) < 4.78 is 38.4. The number of hydrogen-bond acceptors (Lipinski definition) is 2. The normalized spacial score (nSPS) is 20.1. The number of benzene rings is 1. The molecule has 0 bridgehead atoms. The Labute approximate surface area is 105 Å². The Hall–Kier alpha value is -1.04. The molecule has 1 heterocycles. The number of rotatable bonds is 1. The van der Waals surface area contributed by atoms with E-state index in [-0.39, 0.29) is 6.04 Å². The molecular formula is C11H10BrF3N2. The highest BCUT2D eigenvalue weighted by Gasteiger charge is 2.31. The molecule has 2 nitrogen and oxygen atoms in total. The lowest BCUT2D eigenvalue weighted by molar-refractivity contribution is -0.137. The van der Waals surface area contributed by atoms with Crippen LogP contribution < -0.4 is 5.32 Å². The first kappa shape index (κ1) is 12.4. The molecule has 1 unspecified atom stereocenters. The van der Waals surface area contributed by atoms with Gasteiger partial charge in [-0.15, -0.1) is 0 Å². The molecular weight excluding hydrogens is 297 g/mol. The van der Waals surface area contributed by atoms with Crippen molar-refractivity contribution in [2.45, 2.75) is 19.1 Å². The Morgan fingerprint density at radius 1 is 1.41 bits per heavy atom. The second-order valence-electron chi connectivity index (χ2n) is 3.93. The summed E-state index contributed by atoms with van der Waals surface area (Å²) in [7, 11) is 0. The van der Waals surface area contributed by atoms with Gasteiger partial charge in [0.1, 0.15) is 5.84 Å². The Morgan fingerprint density at radius 2 is 2.12 bits per heavy atom. The van der Waals surface area contributed by atoms with Gasteiger partial charge in [-0.05, 0) is 25.1 Å². The van der Waals surface area contributed by atoms with Gasteiger partial charge in [-0.25, -0.2) is 0 Å². The number of hydrogen-bond donors (Lipinski definition) is 1. The second kappa shape index (κ2) is 4.33. The van der Waals surface area contributed by atoms with E-state index >= 15 is 0 Å². The standard InChI is InChI=1S/C11H10BrF3N2/c1-6-5-16-10(17-6)8-4-7(11(13,14)15)2-3-9(8)12/h2-4,6H,5H2,1H3,(H,16,17). The van der Waals surface area contributed by atoms with Gasteiger partial charge in [0.05, 0.1) is 12.1 Å². The van der Waals surface area contributed by atoms with Crippen molar-refractivity contribution in [3.8, 4) is 0 Å². The van der Waals surface area contributed by atoms with Gasteiger partial charge < -0.3 is 5.32 Å². The van der Waals surface area contributed by atoms with Crippen molar-refractivity contribution in [2.24, 2.45) is 4.99 Å². The van der Waals surface area contributed by atoms with Gasteiger partial charge >= 0.3 is 6.18 Å². The number of alkyl halides is 3. The Morgan fingerprint density at radius 3 is 2.65 bits per heavy atom. The molecule has 0 radical (unpaired) electrons. The van der Waals surface area contributed by atoms with E-state index in [4.69, 9.17) is 0 Å². The monoisotopic (exact) mass is 306 g/mol. The minimum absolute atomic E-state index is 0.159. The summed E-state index contributed by atoms with van der Waals surface area (Å²) in [5, 5.41) is 3.04. The van der Waals surface area contributed by atoms with Crippen molar-refractivity contribution in [2.75, 3.05) is 6.54 Å². The fraction of sp³-hybridized carbons (Fsp3) is 0.364. The molecule has 0 fully saturated rings. The zero-order valence-electron chi connectivity index (χ0n) is 8.98. The van der Waals surface area contributed by atoms with Gasteiger partial charge in [-0.2, -0.15) is 13.2 Å². The molecule has 17 heavy (non-hydrogen) atoms. The SMILES string of the molecule is CC1CN=C(c2cc(C(F)(F)F)ccc2Br)N1. The predicted octanol–water partition coefficient (Wildman–Crippen LogP) is 3.21. The van der Waals surface area contributed by atoms with E-state index in [0.29, 0.717) is 22.4 Å². The molecule has 0 aliphatic carbocycles. The van der Waals surface area contributed by atoms with Crippen molar-refractivity contribution in [3.63, 3.8) is 0 Å². The van der Waals surface area contributed by atoms with Gasteiger partial charge in [0.25, 0.3) is 0 Å². The Bertz CT molecular complexity index is 468. The van der Waals surface area contributed by atoms with E-state index in [9.17, 15) is 13.2 Å². The van der Waals surface area contributed by atoms with E-state index in [0.717, 1.165) is 12.1 Å². The number of nitrogens with zero attached hydrogens (tertiary/aromatic N) is 1. The topological polar surface area (TPSA) is 24.4 Å². The van der Waals surface area contributed by atoms with Gasteiger partial charge in [-0.1, -0.05) is 15.9 Å². The van der Waals surface area contributed by atoms with Crippen molar-refractivity contribution >= 4 is 21.8 Å². The van der Waals surface area contributed by atoms with E-state index < -0.39 is 11.7 Å². The van der Waals surface area contributed by atoms with Gasteiger partial charge in [0.15, 0.2) is 0 Å². The molecule has 6 heteroatoms. The Balaban J connectivity index is 2.40. The smallest absolute Gasteiger partial charge is 0.366 e. The zero-order valence-corrected chi connectivity index (χ0v) is 10.6. The molecule has 1 atom stereocenters. The highest BCUT2D eigenvalue weighted by Crippen LogP contribution is 2.32. The largest absolute Gasteiger partial charge is 0.416 e. The van der Waals surface area contributed by atoms with Crippen molar-refractivity contribution in [1.82, 2.24) is 5.32 Å². The summed E-state index contributed by atoms with van der Waals surface area (Å²) in [5.41, 5.74) is -0.219. The molecule has 0 spiro atoms. The highest BCUT2D eigenvalue weighted by molar-refractivity contribution is 9.10. The number of amidine groups is 1. The van der Waals surface area contributed by atoms with Crippen LogP contribution in [0.15, 0.2) is 27.7 Å².